The van der Waals surface area contributed by atoms with Crippen molar-refractivity contribution in [3.05, 3.63) is 57.0 Å². The van der Waals surface area contributed by atoms with Crippen LogP contribution in [0.4, 0.5) is 4.39 Å². The third-order valence-corrected chi connectivity index (χ3v) is 4.18. The van der Waals surface area contributed by atoms with Crippen LogP contribution in [-0.2, 0) is 5.54 Å². The molecule has 0 radical (unpaired) electrons. The quantitative estimate of drug-likeness (QED) is 0.402. The molecule has 0 aliphatic carbocycles. The van der Waals surface area contributed by atoms with Crippen LogP contribution in [-0.4, -0.2) is 23.1 Å². The van der Waals surface area contributed by atoms with E-state index < -0.39 is 5.54 Å². The number of rotatable bonds is 9. The molecule has 1 aromatic rings. The maximum atomic E-state index is 12.4. The van der Waals surface area contributed by atoms with Crippen molar-refractivity contribution in [3.8, 4) is 5.75 Å². The zero-order chi connectivity index (χ0) is 20.4. The Bertz CT molecular complexity index is 758. The average molecular weight is 397 g/mol. The first kappa shape index (κ1) is 23.2. The number of nitrogens with zero attached hydrogens (tertiary/aromatic N) is 2. The lowest BCUT2D eigenvalue weighted by Crippen LogP contribution is -2.36. The Morgan fingerprint density at radius 1 is 1.33 bits per heavy atom. The fourth-order valence-electron chi connectivity index (χ4n) is 2.35. The molecule has 0 N–H and O–H groups in total. The van der Waals surface area contributed by atoms with E-state index in [-0.39, 0.29) is 29.6 Å². The summed E-state index contributed by atoms with van der Waals surface area (Å²) in [6.45, 7) is 9.58. The first-order valence-electron chi connectivity index (χ1n) is 9.16. The van der Waals surface area contributed by atoms with E-state index >= 15 is 0 Å². The van der Waals surface area contributed by atoms with E-state index in [1.807, 2.05) is 58.9 Å². The molecule has 0 fully saturated rings. The molecule has 1 rings (SSSR count). The zero-order valence-electron chi connectivity index (χ0n) is 16.9. The Hall–Kier alpha value is -1.88. The monoisotopic (exact) mass is 396 g/mol. The van der Waals surface area contributed by atoms with Crippen LogP contribution in [0.3, 0.4) is 0 Å². The minimum Gasteiger partial charge on any atom is -0.485 e. The van der Waals surface area contributed by atoms with Gasteiger partial charge in [-0.05, 0) is 59.5 Å². The molecule has 150 valence electrons. The van der Waals surface area contributed by atoms with Crippen molar-refractivity contribution in [2.45, 2.75) is 59.4 Å². The highest BCUT2D eigenvalue weighted by Crippen LogP contribution is 2.21. The Kier molecular flexibility index (Phi) is 9.50. The van der Waals surface area contributed by atoms with Crippen molar-refractivity contribution in [2.75, 3.05) is 13.3 Å². The largest absolute Gasteiger partial charge is 0.485 e. The molecule has 0 saturated carbocycles. The van der Waals surface area contributed by atoms with Gasteiger partial charge in [0.2, 0.25) is 0 Å². The summed E-state index contributed by atoms with van der Waals surface area (Å²) in [5.41, 5.74) is 1.28. The highest BCUT2D eigenvalue weighted by molar-refractivity contribution is 6.31. The van der Waals surface area contributed by atoms with Gasteiger partial charge in [0.1, 0.15) is 6.61 Å². The van der Waals surface area contributed by atoms with Gasteiger partial charge >= 0.3 is 0 Å². The third kappa shape index (κ3) is 7.71. The maximum Gasteiger partial charge on any atom is 0.289 e. The standard InChI is InChI=1S/C21H30ClFN2O2/c1-6-9-17(12-11-16(2)10-7-8-13-23)15-27-18-14-24-25(21(3,4)5)20(26)19(18)22/h6,9,11-12,14H,7-8,10,13,15H2,1-5H3/b9-6-,16-11+,17-12+. The van der Waals surface area contributed by atoms with Crippen molar-refractivity contribution in [2.24, 2.45) is 0 Å². The van der Waals surface area contributed by atoms with Gasteiger partial charge in [0.25, 0.3) is 5.56 Å². The van der Waals surface area contributed by atoms with Gasteiger partial charge in [-0.3, -0.25) is 9.18 Å². The summed E-state index contributed by atoms with van der Waals surface area (Å²) in [5, 5.41) is 4.19. The van der Waals surface area contributed by atoms with Crippen molar-refractivity contribution in [3.63, 3.8) is 0 Å². The van der Waals surface area contributed by atoms with Gasteiger partial charge in [-0.15, -0.1) is 0 Å². The second-order valence-electron chi connectivity index (χ2n) is 7.40. The van der Waals surface area contributed by atoms with E-state index in [9.17, 15) is 9.18 Å². The summed E-state index contributed by atoms with van der Waals surface area (Å²) in [7, 11) is 0. The first-order chi connectivity index (χ1) is 12.7. The van der Waals surface area contributed by atoms with Crippen LogP contribution >= 0.6 is 11.6 Å². The molecule has 1 heterocycles. The number of ether oxygens (including phenoxy) is 1. The number of unbranched alkanes of at least 4 members (excludes halogenated alkanes) is 1. The molecular formula is C21H30ClFN2O2. The van der Waals surface area contributed by atoms with E-state index in [2.05, 4.69) is 5.10 Å². The number of hydrogen-bond donors (Lipinski definition) is 0. The summed E-state index contributed by atoms with van der Waals surface area (Å²) in [6, 6.07) is 0. The fraction of sp³-hybridized carbons (Fsp3) is 0.524. The Balaban J connectivity index is 2.89. The van der Waals surface area contributed by atoms with Crippen LogP contribution in [0, 0.1) is 0 Å². The van der Waals surface area contributed by atoms with Gasteiger partial charge in [-0.1, -0.05) is 41.5 Å². The highest BCUT2D eigenvalue weighted by atomic mass is 35.5. The summed E-state index contributed by atoms with van der Waals surface area (Å²) in [4.78, 5) is 12.4. The smallest absolute Gasteiger partial charge is 0.289 e. The van der Waals surface area contributed by atoms with Gasteiger partial charge in [-0.2, -0.15) is 5.10 Å². The SMILES string of the molecule is C\C=C/C(=C\C=C(/C)CCCCF)COc1cnn(C(C)(C)C)c(=O)c1Cl. The second-order valence-corrected chi connectivity index (χ2v) is 7.78. The van der Waals surface area contributed by atoms with Crippen molar-refractivity contribution >= 4 is 11.6 Å². The number of alkyl halides is 1. The van der Waals surface area contributed by atoms with E-state index in [1.54, 1.807) is 0 Å². The summed E-state index contributed by atoms with van der Waals surface area (Å²) in [6.07, 6.45) is 11.6. The number of allylic oxidation sites excluding steroid dienone is 4. The number of hydrogen-bond acceptors (Lipinski definition) is 3. The van der Waals surface area contributed by atoms with Crippen LogP contribution < -0.4 is 10.3 Å². The van der Waals surface area contributed by atoms with E-state index in [4.69, 9.17) is 16.3 Å². The Morgan fingerprint density at radius 2 is 2.04 bits per heavy atom. The molecule has 0 atom stereocenters. The topological polar surface area (TPSA) is 44.1 Å². The fourth-order valence-corrected chi connectivity index (χ4v) is 2.54. The van der Waals surface area contributed by atoms with Gasteiger partial charge in [0.05, 0.1) is 18.4 Å². The molecule has 0 aliphatic rings. The third-order valence-electron chi connectivity index (χ3n) is 3.83. The van der Waals surface area contributed by atoms with Crippen LogP contribution in [0.25, 0.3) is 0 Å². The molecule has 27 heavy (non-hydrogen) atoms. The number of aromatic nitrogens is 2. The molecule has 6 heteroatoms. The van der Waals surface area contributed by atoms with Gasteiger partial charge < -0.3 is 4.74 Å². The van der Waals surface area contributed by atoms with Crippen molar-refractivity contribution in [1.82, 2.24) is 9.78 Å². The second kappa shape index (κ2) is 11.1. The Morgan fingerprint density at radius 3 is 2.63 bits per heavy atom. The molecule has 0 bridgehead atoms. The van der Waals surface area contributed by atoms with Crippen LogP contribution in [0.15, 0.2) is 46.4 Å². The lowest BCUT2D eigenvalue weighted by Gasteiger charge is -2.21. The molecule has 0 aromatic carbocycles. The molecule has 1 aromatic heterocycles. The normalized spacial score (nSPS) is 13.4. The van der Waals surface area contributed by atoms with E-state index in [1.165, 1.54) is 16.5 Å². The van der Waals surface area contributed by atoms with E-state index in [0.717, 1.165) is 18.4 Å². The predicted molar refractivity (Wildman–Crippen MR) is 110 cm³/mol. The first-order valence-corrected chi connectivity index (χ1v) is 9.54. The van der Waals surface area contributed by atoms with Crippen molar-refractivity contribution in [1.29, 1.82) is 0 Å². The van der Waals surface area contributed by atoms with Crippen molar-refractivity contribution < 1.29 is 9.13 Å². The summed E-state index contributed by atoms with van der Waals surface area (Å²) < 4.78 is 19.2. The van der Waals surface area contributed by atoms with Crippen LogP contribution in [0.2, 0.25) is 5.02 Å². The highest BCUT2D eigenvalue weighted by Gasteiger charge is 2.19. The molecule has 0 saturated heterocycles. The minimum atomic E-state index is -0.459. The summed E-state index contributed by atoms with van der Waals surface area (Å²) in [5.74, 6) is 0.265. The molecule has 0 unspecified atom stereocenters. The Labute approximate surface area is 166 Å². The van der Waals surface area contributed by atoms with Gasteiger partial charge in [0.15, 0.2) is 10.8 Å². The van der Waals surface area contributed by atoms with Gasteiger partial charge in [-0.25, -0.2) is 4.68 Å². The van der Waals surface area contributed by atoms with E-state index in [0.29, 0.717) is 6.42 Å². The minimum absolute atomic E-state index is 0.0256. The zero-order valence-corrected chi connectivity index (χ0v) is 17.6. The average Bonchev–Trinajstić information content (AvgIpc) is 2.59. The molecule has 4 nitrogen and oxygen atoms in total. The predicted octanol–water partition coefficient (Wildman–Crippen LogP) is 5.62. The van der Waals surface area contributed by atoms with Crippen LogP contribution in [0.5, 0.6) is 5.75 Å². The number of halogens is 2. The molecule has 0 amide bonds. The molecule has 0 aliphatic heterocycles. The molecular weight excluding hydrogens is 367 g/mol. The lowest BCUT2D eigenvalue weighted by molar-refractivity contribution is 0.319. The molecule has 0 spiro atoms. The van der Waals surface area contributed by atoms with Gasteiger partial charge in [0, 0.05) is 0 Å². The van der Waals surface area contributed by atoms with Crippen LogP contribution in [0.1, 0.15) is 53.9 Å². The maximum absolute atomic E-state index is 12.4. The summed E-state index contributed by atoms with van der Waals surface area (Å²) >= 11 is 6.19. The lowest BCUT2D eigenvalue weighted by atomic mass is 10.1.